The van der Waals surface area contributed by atoms with Crippen LogP contribution in [0.3, 0.4) is 0 Å². The van der Waals surface area contributed by atoms with Gasteiger partial charge in [0, 0.05) is 57.1 Å². The molecule has 29 heavy (non-hydrogen) atoms. The van der Waals surface area contributed by atoms with Gasteiger partial charge < -0.3 is 20.3 Å². The van der Waals surface area contributed by atoms with E-state index in [1.807, 2.05) is 11.1 Å². The predicted octanol–water partition coefficient (Wildman–Crippen LogP) is 0.510. The molecule has 0 spiro atoms. The van der Waals surface area contributed by atoms with Crippen LogP contribution in [0.15, 0.2) is 18.6 Å². The first-order valence-electron chi connectivity index (χ1n) is 9.67. The molecule has 5 rings (SSSR count). The highest BCUT2D eigenvalue weighted by atomic mass is 16.5. The summed E-state index contributed by atoms with van der Waals surface area (Å²) >= 11 is 0. The molecule has 0 aromatic carbocycles. The van der Waals surface area contributed by atoms with Gasteiger partial charge in [-0.1, -0.05) is 0 Å². The fourth-order valence-corrected chi connectivity index (χ4v) is 3.86. The molecule has 0 bridgehead atoms. The van der Waals surface area contributed by atoms with Crippen LogP contribution in [-0.2, 0) is 22.5 Å². The highest BCUT2D eigenvalue weighted by molar-refractivity contribution is 5.74. The Hall–Kier alpha value is -3.27. The number of anilines is 2. The number of ether oxygens (including phenoxy) is 1. The summed E-state index contributed by atoms with van der Waals surface area (Å²) < 4.78 is 7.57. The summed E-state index contributed by atoms with van der Waals surface area (Å²) in [4.78, 5) is 34.0. The van der Waals surface area contributed by atoms with Crippen LogP contribution in [0.5, 0.6) is 0 Å². The Morgan fingerprint density at radius 1 is 1.14 bits per heavy atom. The lowest BCUT2D eigenvalue weighted by Crippen LogP contribution is -2.37. The van der Waals surface area contributed by atoms with E-state index >= 15 is 0 Å². The van der Waals surface area contributed by atoms with E-state index in [1.165, 1.54) is 0 Å². The first-order valence-corrected chi connectivity index (χ1v) is 9.67. The summed E-state index contributed by atoms with van der Waals surface area (Å²) in [5.74, 6) is 1.10. The fraction of sp³-hybridized carbons (Fsp3) is 0.421. The van der Waals surface area contributed by atoms with Crippen molar-refractivity contribution >= 4 is 23.3 Å². The van der Waals surface area contributed by atoms with E-state index in [4.69, 9.17) is 20.4 Å². The SMILES string of the molecule is CC(=O)N1CCc2nc3c(N4CCOCC4)nc(-c4cnc(N)nc4)cn3c2C1. The van der Waals surface area contributed by atoms with Crippen molar-refractivity contribution in [3.8, 4) is 11.3 Å². The van der Waals surface area contributed by atoms with Crippen LogP contribution < -0.4 is 10.6 Å². The highest BCUT2D eigenvalue weighted by Gasteiger charge is 2.27. The van der Waals surface area contributed by atoms with Crippen LogP contribution in [-0.4, -0.2) is 68.0 Å². The van der Waals surface area contributed by atoms with Crippen molar-refractivity contribution in [2.24, 2.45) is 0 Å². The minimum atomic E-state index is 0.0696. The molecule has 10 nitrogen and oxygen atoms in total. The Morgan fingerprint density at radius 3 is 2.62 bits per heavy atom. The van der Waals surface area contributed by atoms with E-state index in [2.05, 4.69) is 19.3 Å². The van der Waals surface area contributed by atoms with Gasteiger partial charge in [0.05, 0.1) is 36.8 Å². The molecule has 0 saturated carbocycles. The van der Waals surface area contributed by atoms with E-state index in [0.717, 1.165) is 53.6 Å². The van der Waals surface area contributed by atoms with Crippen LogP contribution in [0.4, 0.5) is 11.8 Å². The lowest BCUT2D eigenvalue weighted by Gasteiger charge is -2.28. The van der Waals surface area contributed by atoms with E-state index in [-0.39, 0.29) is 11.9 Å². The number of aromatic nitrogens is 5. The van der Waals surface area contributed by atoms with E-state index < -0.39 is 0 Å². The largest absolute Gasteiger partial charge is 0.378 e. The number of nitrogens with two attached hydrogens (primary N) is 1. The minimum Gasteiger partial charge on any atom is -0.378 e. The number of carbonyl (C=O) groups is 1. The van der Waals surface area contributed by atoms with Crippen LogP contribution in [0.1, 0.15) is 18.3 Å². The topological polar surface area (TPSA) is 115 Å². The molecule has 0 atom stereocenters. The average molecular weight is 394 g/mol. The van der Waals surface area contributed by atoms with Gasteiger partial charge in [-0.3, -0.25) is 9.20 Å². The number of hydrogen-bond donors (Lipinski definition) is 1. The zero-order chi connectivity index (χ0) is 20.0. The molecule has 1 amide bonds. The van der Waals surface area contributed by atoms with Crippen LogP contribution in [0, 0.1) is 0 Å². The maximum atomic E-state index is 11.9. The van der Waals surface area contributed by atoms with Crippen molar-refractivity contribution in [3.63, 3.8) is 0 Å². The van der Waals surface area contributed by atoms with Gasteiger partial charge in [-0.15, -0.1) is 0 Å². The summed E-state index contributed by atoms with van der Waals surface area (Å²) in [6, 6.07) is 0. The number of imidazole rings is 1. The molecule has 0 radical (unpaired) electrons. The predicted molar refractivity (Wildman–Crippen MR) is 106 cm³/mol. The Morgan fingerprint density at radius 2 is 1.90 bits per heavy atom. The molecule has 0 aliphatic carbocycles. The number of fused-ring (bicyclic) bond motifs is 3. The van der Waals surface area contributed by atoms with Crippen LogP contribution >= 0.6 is 0 Å². The molecular weight excluding hydrogens is 372 g/mol. The number of rotatable bonds is 2. The van der Waals surface area contributed by atoms with Crippen LogP contribution in [0.2, 0.25) is 0 Å². The summed E-state index contributed by atoms with van der Waals surface area (Å²) in [6.07, 6.45) is 6.03. The Labute approximate surface area is 167 Å². The number of nitrogen functional groups attached to an aromatic ring is 1. The van der Waals surface area contributed by atoms with E-state index in [9.17, 15) is 4.79 Å². The summed E-state index contributed by atoms with van der Waals surface area (Å²) in [6.45, 7) is 5.64. The molecular formula is C19H22N8O2. The molecule has 2 N–H and O–H groups in total. The van der Waals surface area contributed by atoms with Crippen molar-refractivity contribution in [2.75, 3.05) is 43.5 Å². The smallest absolute Gasteiger partial charge is 0.219 e. The number of carbonyl (C=O) groups excluding carboxylic acids is 1. The first kappa shape index (κ1) is 17.8. The normalized spacial score (nSPS) is 16.9. The Bertz CT molecular complexity index is 1070. The third-order valence-electron chi connectivity index (χ3n) is 5.45. The molecule has 0 unspecified atom stereocenters. The average Bonchev–Trinajstić information content (AvgIpc) is 3.12. The van der Waals surface area contributed by atoms with Gasteiger partial charge in [0.2, 0.25) is 11.9 Å². The molecule has 3 aromatic heterocycles. The van der Waals surface area contributed by atoms with Gasteiger partial charge in [0.1, 0.15) is 0 Å². The second-order valence-corrected chi connectivity index (χ2v) is 7.27. The molecule has 2 aliphatic rings. The molecule has 1 fully saturated rings. The number of morpholine rings is 1. The van der Waals surface area contributed by atoms with Crippen LogP contribution in [0.25, 0.3) is 16.9 Å². The van der Waals surface area contributed by atoms with E-state index in [0.29, 0.717) is 26.3 Å². The molecule has 3 aromatic rings. The molecule has 150 valence electrons. The quantitative estimate of drug-likeness (QED) is 0.669. The lowest BCUT2D eigenvalue weighted by atomic mass is 10.1. The zero-order valence-corrected chi connectivity index (χ0v) is 16.2. The van der Waals surface area contributed by atoms with Crippen molar-refractivity contribution < 1.29 is 9.53 Å². The maximum absolute atomic E-state index is 11.9. The number of hydrogen-bond acceptors (Lipinski definition) is 8. The second-order valence-electron chi connectivity index (χ2n) is 7.27. The summed E-state index contributed by atoms with van der Waals surface area (Å²) in [7, 11) is 0. The van der Waals surface area contributed by atoms with Crippen molar-refractivity contribution in [1.82, 2.24) is 29.2 Å². The molecule has 1 saturated heterocycles. The third-order valence-corrected chi connectivity index (χ3v) is 5.45. The second kappa shape index (κ2) is 6.96. The number of amides is 1. The van der Waals surface area contributed by atoms with Gasteiger partial charge in [0.25, 0.3) is 0 Å². The monoisotopic (exact) mass is 394 g/mol. The molecule has 10 heteroatoms. The molecule has 2 aliphatic heterocycles. The standard InChI is InChI=1S/C19H22N8O2/c1-12(28)26-3-2-14-16(11-26)27-10-15(13-8-21-19(20)22-9-13)24-17(18(27)23-14)25-4-6-29-7-5-25/h8-10H,2-7,11H2,1H3,(H2,20,21,22). The molecule has 5 heterocycles. The summed E-state index contributed by atoms with van der Waals surface area (Å²) in [5, 5.41) is 0. The maximum Gasteiger partial charge on any atom is 0.219 e. The fourth-order valence-electron chi connectivity index (χ4n) is 3.86. The Kier molecular flexibility index (Phi) is 4.27. The third kappa shape index (κ3) is 3.15. The van der Waals surface area contributed by atoms with Crippen molar-refractivity contribution in [3.05, 3.63) is 30.0 Å². The first-order chi connectivity index (χ1) is 14.1. The highest BCUT2D eigenvalue weighted by Crippen LogP contribution is 2.29. The van der Waals surface area contributed by atoms with Crippen molar-refractivity contribution in [1.29, 1.82) is 0 Å². The van der Waals surface area contributed by atoms with Gasteiger partial charge in [-0.25, -0.2) is 19.9 Å². The lowest BCUT2D eigenvalue weighted by molar-refractivity contribution is -0.129. The van der Waals surface area contributed by atoms with Gasteiger partial charge in [-0.2, -0.15) is 0 Å². The van der Waals surface area contributed by atoms with Gasteiger partial charge >= 0.3 is 0 Å². The Balaban J connectivity index is 1.69. The van der Waals surface area contributed by atoms with Gasteiger partial charge in [-0.05, 0) is 0 Å². The number of nitrogens with zero attached hydrogens (tertiary/aromatic N) is 7. The van der Waals surface area contributed by atoms with E-state index in [1.54, 1.807) is 19.3 Å². The van der Waals surface area contributed by atoms with Crippen molar-refractivity contribution in [2.45, 2.75) is 19.9 Å². The minimum absolute atomic E-state index is 0.0696. The van der Waals surface area contributed by atoms with Gasteiger partial charge in [0.15, 0.2) is 11.5 Å². The zero-order valence-electron chi connectivity index (χ0n) is 16.2. The summed E-state index contributed by atoms with van der Waals surface area (Å²) in [5.41, 5.74) is 10.0.